The van der Waals surface area contributed by atoms with E-state index in [1.807, 2.05) is 0 Å². The van der Waals surface area contributed by atoms with Crippen LogP contribution < -0.4 is 26.4 Å². The van der Waals surface area contributed by atoms with Crippen LogP contribution in [0.15, 0.2) is 35.1 Å². The zero-order valence-electron chi connectivity index (χ0n) is 14.5. The minimum atomic E-state index is -0.954. The monoisotopic (exact) mass is 425 g/mol. The van der Waals surface area contributed by atoms with Crippen LogP contribution in [0.4, 0.5) is 14.5 Å². The number of carbonyl (C=O) groups is 1. The predicted octanol–water partition coefficient (Wildman–Crippen LogP) is 2.03. The molecule has 11 heteroatoms. The van der Waals surface area contributed by atoms with Gasteiger partial charge in [-0.15, -0.1) is 0 Å². The van der Waals surface area contributed by atoms with Gasteiger partial charge in [0, 0.05) is 18.1 Å². The Labute approximate surface area is 167 Å². The molecule has 0 bridgehead atoms. The van der Waals surface area contributed by atoms with Gasteiger partial charge in [-0.2, -0.15) is 4.37 Å². The maximum atomic E-state index is 14.5. The minimum Gasteiger partial charge on any atom is -0.477 e. The summed E-state index contributed by atoms with van der Waals surface area (Å²) in [5.41, 5.74) is 11.7. The topological polar surface area (TPSA) is 106 Å². The number of thioether (sulfide) groups is 1. The van der Waals surface area contributed by atoms with Crippen LogP contribution in [0.25, 0.3) is 0 Å². The van der Waals surface area contributed by atoms with E-state index < -0.39 is 22.9 Å². The molecular weight excluding hydrogens is 408 g/mol. The van der Waals surface area contributed by atoms with Gasteiger partial charge in [0.15, 0.2) is 0 Å². The lowest BCUT2D eigenvalue weighted by atomic mass is 10.1. The Morgan fingerprint density at radius 3 is 2.75 bits per heavy atom. The van der Waals surface area contributed by atoms with Gasteiger partial charge in [0.2, 0.25) is 5.06 Å². The smallest absolute Gasteiger partial charge is 0.268 e. The van der Waals surface area contributed by atoms with Crippen molar-refractivity contribution in [2.24, 2.45) is 11.5 Å². The number of hydrogen-bond acceptors (Lipinski definition) is 8. The number of nitrogens with zero attached hydrogens (tertiary/aromatic N) is 2. The van der Waals surface area contributed by atoms with E-state index in [-0.39, 0.29) is 22.4 Å². The van der Waals surface area contributed by atoms with Crippen molar-refractivity contribution in [1.82, 2.24) is 9.69 Å². The number of rotatable bonds is 5. The highest BCUT2D eigenvalue weighted by Gasteiger charge is 2.41. The molecule has 1 fully saturated rings. The van der Waals surface area contributed by atoms with Crippen molar-refractivity contribution in [3.05, 3.63) is 52.3 Å². The first-order valence-corrected chi connectivity index (χ1v) is 10.1. The van der Waals surface area contributed by atoms with Crippen LogP contribution >= 0.6 is 23.3 Å². The van der Waals surface area contributed by atoms with Gasteiger partial charge in [0.05, 0.1) is 16.8 Å². The summed E-state index contributed by atoms with van der Waals surface area (Å²) in [7, 11) is 0. The molecule has 2 atom stereocenters. The zero-order valence-corrected chi connectivity index (χ0v) is 16.2. The average Bonchev–Trinajstić information content (AvgIpc) is 3.35. The molecule has 0 radical (unpaired) electrons. The number of anilines is 1. The SMILES string of the molecule is NC(=O)C1=C(N)S[C@H](c2c(F)cccc2F)N1c1cnsc1OC1CCNC1. The molecule has 148 valence electrons. The minimum absolute atomic E-state index is 0.0350. The lowest BCUT2D eigenvalue weighted by Gasteiger charge is -2.28. The van der Waals surface area contributed by atoms with Crippen LogP contribution in [0.2, 0.25) is 0 Å². The molecule has 4 rings (SSSR count). The van der Waals surface area contributed by atoms with Crippen molar-refractivity contribution in [2.45, 2.75) is 17.9 Å². The van der Waals surface area contributed by atoms with Crippen LogP contribution in [0, 0.1) is 11.6 Å². The highest BCUT2D eigenvalue weighted by molar-refractivity contribution is 8.03. The molecule has 28 heavy (non-hydrogen) atoms. The number of halogens is 2. The molecular formula is C17H17F2N5O2S2. The second-order valence-electron chi connectivity index (χ2n) is 6.28. The Morgan fingerprint density at radius 1 is 1.36 bits per heavy atom. The van der Waals surface area contributed by atoms with Gasteiger partial charge in [0.25, 0.3) is 5.91 Å². The van der Waals surface area contributed by atoms with Gasteiger partial charge in [-0.1, -0.05) is 17.8 Å². The number of hydrogen-bond donors (Lipinski definition) is 3. The molecule has 1 saturated heterocycles. The Balaban J connectivity index is 1.78. The summed E-state index contributed by atoms with van der Waals surface area (Å²) < 4.78 is 39.1. The van der Waals surface area contributed by atoms with E-state index in [1.54, 1.807) is 0 Å². The molecule has 2 aliphatic rings. The number of nitrogens with one attached hydrogen (secondary N) is 1. The van der Waals surface area contributed by atoms with E-state index in [0.717, 1.165) is 48.4 Å². The number of amides is 1. The largest absolute Gasteiger partial charge is 0.477 e. The van der Waals surface area contributed by atoms with Crippen LogP contribution in [0.3, 0.4) is 0 Å². The van der Waals surface area contributed by atoms with Crippen molar-refractivity contribution >= 4 is 34.9 Å². The van der Waals surface area contributed by atoms with E-state index in [1.165, 1.54) is 17.2 Å². The van der Waals surface area contributed by atoms with Crippen molar-refractivity contribution in [1.29, 1.82) is 0 Å². The lowest BCUT2D eigenvalue weighted by Crippen LogP contribution is -2.32. The van der Waals surface area contributed by atoms with Gasteiger partial charge in [-0.3, -0.25) is 4.79 Å². The predicted molar refractivity (Wildman–Crippen MR) is 104 cm³/mol. The normalized spacial score (nSPS) is 22.1. The molecule has 1 unspecified atom stereocenters. The number of primary amides is 1. The Hall–Kier alpha value is -2.37. The van der Waals surface area contributed by atoms with E-state index in [0.29, 0.717) is 17.3 Å². The highest BCUT2D eigenvalue weighted by Crippen LogP contribution is 2.52. The number of nitrogens with two attached hydrogens (primary N) is 2. The average molecular weight is 425 g/mol. The summed E-state index contributed by atoms with van der Waals surface area (Å²) in [5, 5.41) is 2.76. The maximum Gasteiger partial charge on any atom is 0.268 e. The maximum absolute atomic E-state index is 14.5. The fourth-order valence-electron chi connectivity index (χ4n) is 3.23. The Morgan fingerprint density at radius 2 is 2.11 bits per heavy atom. The summed E-state index contributed by atoms with van der Waals surface area (Å²) in [6.45, 7) is 1.51. The number of ether oxygens (including phenoxy) is 1. The standard InChI is InChI=1S/C17H17F2N5O2S2/c18-9-2-1-3-10(19)12(9)16-24(13(14(20)25)15(21)27-16)11-7-23-28-17(11)26-8-4-5-22-6-8/h1-3,7-8,16,22H,4-6,21H2,(H2,20,25)/t8?,16-/m1/s1. The Bertz CT molecular complexity index is 925. The van der Waals surface area contributed by atoms with Crippen molar-refractivity contribution < 1.29 is 18.3 Å². The van der Waals surface area contributed by atoms with Crippen LogP contribution in [-0.2, 0) is 4.79 Å². The molecule has 0 spiro atoms. The molecule has 1 amide bonds. The summed E-state index contributed by atoms with van der Waals surface area (Å²) >= 11 is 2.04. The number of carbonyl (C=O) groups excluding carboxylic acids is 1. The highest BCUT2D eigenvalue weighted by atomic mass is 32.2. The van der Waals surface area contributed by atoms with E-state index >= 15 is 0 Å². The first kappa shape index (κ1) is 19.0. The van der Waals surface area contributed by atoms with Gasteiger partial charge in [-0.05, 0) is 25.1 Å². The van der Waals surface area contributed by atoms with Gasteiger partial charge >= 0.3 is 0 Å². The van der Waals surface area contributed by atoms with Crippen molar-refractivity contribution in [3.8, 4) is 5.06 Å². The summed E-state index contributed by atoms with van der Waals surface area (Å²) in [5.74, 6) is -2.29. The van der Waals surface area contributed by atoms with Crippen LogP contribution in [0.5, 0.6) is 5.06 Å². The first-order chi connectivity index (χ1) is 13.5. The fraction of sp³-hybridized carbons (Fsp3) is 0.294. The summed E-state index contributed by atoms with van der Waals surface area (Å²) in [4.78, 5) is 13.5. The quantitative estimate of drug-likeness (QED) is 0.673. The third-order valence-corrected chi connectivity index (χ3v) is 6.29. The van der Waals surface area contributed by atoms with Crippen molar-refractivity contribution in [3.63, 3.8) is 0 Å². The molecule has 1 aromatic heterocycles. The molecule has 7 nitrogen and oxygen atoms in total. The fourth-order valence-corrected chi connectivity index (χ4v) is 5.12. The third kappa shape index (κ3) is 3.29. The van der Waals surface area contributed by atoms with Gasteiger partial charge in [0.1, 0.15) is 34.5 Å². The molecule has 3 heterocycles. The zero-order chi connectivity index (χ0) is 19.8. The first-order valence-electron chi connectivity index (χ1n) is 8.48. The summed E-state index contributed by atoms with van der Waals surface area (Å²) in [6.07, 6.45) is 2.24. The second-order valence-corrected chi connectivity index (χ2v) is 8.17. The van der Waals surface area contributed by atoms with Gasteiger partial charge < -0.3 is 26.4 Å². The third-order valence-electron chi connectivity index (χ3n) is 4.50. The summed E-state index contributed by atoms with van der Waals surface area (Å²) in [6, 6.07) is 3.59. The Kier molecular flexibility index (Phi) is 5.13. The number of aromatic nitrogens is 1. The molecule has 0 aliphatic carbocycles. The van der Waals surface area contributed by atoms with E-state index in [4.69, 9.17) is 16.2 Å². The van der Waals surface area contributed by atoms with E-state index in [9.17, 15) is 13.6 Å². The number of benzene rings is 1. The van der Waals surface area contributed by atoms with Crippen LogP contribution in [-0.4, -0.2) is 29.5 Å². The van der Waals surface area contributed by atoms with Crippen LogP contribution in [0.1, 0.15) is 17.4 Å². The molecule has 1 aromatic carbocycles. The molecule has 5 N–H and O–H groups in total. The molecule has 0 saturated carbocycles. The molecule has 2 aromatic rings. The van der Waals surface area contributed by atoms with Gasteiger partial charge in [-0.25, -0.2) is 8.78 Å². The van der Waals surface area contributed by atoms with E-state index in [2.05, 4.69) is 9.69 Å². The molecule has 2 aliphatic heterocycles. The second kappa shape index (κ2) is 7.57. The van der Waals surface area contributed by atoms with Crippen molar-refractivity contribution in [2.75, 3.05) is 18.0 Å². The lowest BCUT2D eigenvalue weighted by molar-refractivity contribution is -0.114.